The van der Waals surface area contributed by atoms with E-state index in [0.29, 0.717) is 22.3 Å². The average molecular weight is 759 g/mol. The van der Waals surface area contributed by atoms with E-state index in [4.69, 9.17) is 20.6 Å². The highest BCUT2D eigenvalue weighted by atomic mass is 28.4. The van der Waals surface area contributed by atoms with Gasteiger partial charge in [0.05, 0.1) is 18.2 Å². The zero-order valence-electron chi connectivity index (χ0n) is 32.0. The van der Waals surface area contributed by atoms with Crippen molar-refractivity contribution in [2.45, 2.75) is 115 Å². The van der Waals surface area contributed by atoms with E-state index in [2.05, 4.69) is 42.0 Å². The van der Waals surface area contributed by atoms with E-state index in [-0.39, 0.29) is 55.4 Å². The van der Waals surface area contributed by atoms with Gasteiger partial charge in [0.2, 0.25) is 17.7 Å². The summed E-state index contributed by atoms with van der Waals surface area (Å²) in [6, 6.07) is 5.90. The lowest BCUT2D eigenvalue weighted by atomic mass is 9.95. The normalized spacial score (nSPS) is 19.8. The first-order valence-electron chi connectivity index (χ1n) is 17.8. The van der Waals surface area contributed by atoms with Gasteiger partial charge in [0.15, 0.2) is 8.32 Å². The van der Waals surface area contributed by atoms with Crippen LogP contribution in [0, 0.1) is 0 Å². The monoisotopic (exact) mass is 758 g/mol. The molecule has 11 N–H and O–H groups in total. The standard InChI is InChI=1S/C37H58N6O9Si/c1-36(2,3)51-35(50)41-20-25(44)19-40-33(48)28-16-24-14-22(10-12-31(24)46)21-9-11-30(45)23(13-21)15-27(39)32(47)42-29(34(49)43-28)17-26(18-38)52-53(7,8)37(4,5)6/h9-14,25-29,44-46H,15-20,38-39H2,1-8H3,(H,40,48)(H,41,50)(H,42,47)(H,43,49)/t25?,26-,27+,28+,29+/m1/s1. The Morgan fingerprint density at radius 1 is 0.906 bits per heavy atom. The van der Waals surface area contributed by atoms with Crippen molar-refractivity contribution in [3.8, 4) is 22.6 Å². The molecule has 2 aromatic rings. The van der Waals surface area contributed by atoms with Crippen LogP contribution in [-0.4, -0.2) is 103 Å². The quantitative estimate of drug-likeness (QED) is 0.158. The van der Waals surface area contributed by atoms with Crippen LogP contribution < -0.4 is 32.7 Å². The number of benzene rings is 2. The number of alkyl carbamates (subject to hydrolysis) is 1. The molecule has 0 aliphatic carbocycles. The second-order valence-corrected chi connectivity index (χ2v) is 20.8. The van der Waals surface area contributed by atoms with Crippen LogP contribution in [-0.2, 0) is 36.4 Å². The smallest absolute Gasteiger partial charge is 0.407 e. The van der Waals surface area contributed by atoms with Gasteiger partial charge in [-0.15, -0.1) is 0 Å². The summed E-state index contributed by atoms with van der Waals surface area (Å²) in [6.45, 7) is 14.9. The summed E-state index contributed by atoms with van der Waals surface area (Å²) >= 11 is 0. The molecule has 0 saturated carbocycles. The Morgan fingerprint density at radius 3 is 1.98 bits per heavy atom. The summed E-state index contributed by atoms with van der Waals surface area (Å²) in [7, 11) is -2.39. The highest BCUT2D eigenvalue weighted by Crippen LogP contribution is 2.38. The minimum absolute atomic E-state index is 0.0404. The van der Waals surface area contributed by atoms with Crippen LogP contribution in [0.5, 0.6) is 11.5 Å². The molecule has 3 rings (SSSR count). The number of carbonyl (C=O) groups excluding carboxylic acids is 4. The second-order valence-electron chi connectivity index (χ2n) is 16.1. The number of aromatic hydroxyl groups is 2. The number of hydrogen-bond donors (Lipinski definition) is 9. The summed E-state index contributed by atoms with van der Waals surface area (Å²) in [5.74, 6) is -2.31. The summed E-state index contributed by atoms with van der Waals surface area (Å²) < 4.78 is 11.7. The third-order valence-corrected chi connectivity index (χ3v) is 13.9. The Bertz CT molecular complexity index is 1620. The average Bonchev–Trinajstić information content (AvgIpc) is 3.05. The number of hydrogen-bond acceptors (Lipinski definition) is 11. The van der Waals surface area contributed by atoms with E-state index in [1.807, 2.05) is 13.1 Å². The van der Waals surface area contributed by atoms with E-state index in [1.165, 1.54) is 12.1 Å². The van der Waals surface area contributed by atoms with Gasteiger partial charge in [0.25, 0.3) is 0 Å². The first kappa shape index (κ1) is 43.2. The largest absolute Gasteiger partial charge is 0.508 e. The predicted molar refractivity (Wildman–Crippen MR) is 203 cm³/mol. The lowest BCUT2D eigenvalue weighted by molar-refractivity contribution is -0.133. The van der Waals surface area contributed by atoms with Gasteiger partial charge in [-0.05, 0) is 85.4 Å². The van der Waals surface area contributed by atoms with Gasteiger partial charge < -0.3 is 57.2 Å². The van der Waals surface area contributed by atoms with Gasteiger partial charge >= 0.3 is 6.09 Å². The van der Waals surface area contributed by atoms with Gasteiger partial charge in [-0.1, -0.05) is 32.9 Å². The molecule has 0 radical (unpaired) electrons. The number of fused-ring (bicyclic) bond motifs is 5. The molecule has 1 aliphatic rings. The molecule has 53 heavy (non-hydrogen) atoms. The molecule has 16 heteroatoms. The molecule has 4 bridgehead atoms. The number of ether oxygens (including phenoxy) is 1. The van der Waals surface area contributed by atoms with Crippen molar-refractivity contribution in [3.05, 3.63) is 47.5 Å². The number of carbonyl (C=O) groups is 4. The van der Waals surface area contributed by atoms with Gasteiger partial charge in [0, 0.05) is 38.9 Å². The highest BCUT2D eigenvalue weighted by molar-refractivity contribution is 6.74. The van der Waals surface area contributed by atoms with Crippen molar-refractivity contribution < 1.29 is 43.7 Å². The maximum atomic E-state index is 14.1. The van der Waals surface area contributed by atoms with E-state index in [1.54, 1.807) is 45.0 Å². The molecule has 2 aromatic carbocycles. The molecule has 294 valence electrons. The number of aliphatic hydroxyl groups is 1. The third kappa shape index (κ3) is 12.7. The number of nitrogens with two attached hydrogens (primary N) is 2. The molecule has 1 heterocycles. The molecular formula is C37H58N6O9Si. The topological polar surface area (TPSA) is 248 Å². The van der Waals surface area contributed by atoms with Crippen molar-refractivity contribution in [2.75, 3.05) is 19.6 Å². The minimum Gasteiger partial charge on any atom is -0.508 e. The zero-order chi connectivity index (χ0) is 39.9. The molecule has 0 saturated heterocycles. The fourth-order valence-electron chi connectivity index (χ4n) is 5.38. The lowest BCUT2D eigenvalue weighted by Crippen LogP contribution is -2.58. The number of phenolic OH excluding ortho intramolecular Hbond substituents is 2. The van der Waals surface area contributed by atoms with Crippen molar-refractivity contribution in [3.63, 3.8) is 0 Å². The molecule has 0 spiro atoms. The molecule has 1 unspecified atom stereocenters. The Kier molecular flexibility index (Phi) is 14.4. The minimum atomic E-state index is -2.39. The summed E-state index contributed by atoms with van der Waals surface area (Å²) in [5.41, 5.74) is 13.7. The fourth-order valence-corrected chi connectivity index (χ4v) is 6.76. The van der Waals surface area contributed by atoms with Crippen LogP contribution >= 0.6 is 0 Å². The summed E-state index contributed by atoms with van der Waals surface area (Å²) in [5, 5.41) is 42.4. The van der Waals surface area contributed by atoms with Gasteiger partial charge in [0.1, 0.15) is 29.2 Å². The van der Waals surface area contributed by atoms with Crippen LogP contribution in [0.3, 0.4) is 0 Å². The lowest BCUT2D eigenvalue weighted by Gasteiger charge is -2.39. The van der Waals surface area contributed by atoms with E-state index in [9.17, 15) is 34.5 Å². The van der Waals surface area contributed by atoms with Crippen LogP contribution in [0.4, 0.5) is 4.79 Å². The van der Waals surface area contributed by atoms with Crippen molar-refractivity contribution >= 4 is 32.1 Å². The Morgan fingerprint density at radius 2 is 1.45 bits per heavy atom. The zero-order valence-corrected chi connectivity index (χ0v) is 33.0. The summed E-state index contributed by atoms with van der Waals surface area (Å²) in [6.07, 6.45) is -2.88. The molecule has 15 nitrogen and oxygen atoms in total. The van der Waals surface area contributed by atoms with Crippen molar-refractivity contribution in [2.24, 2.45) is 11.5 Å². The molecule has 1 aliphatic heterocycles. The number of nitrogens with one attached hydrogen (secondary N) is 4. The molecule has 0 aromatic heterocycles. The fraction of sp³-hybridized carbons (Fsp3) is 0.568. The number of amides is 4. The van der Waals surface area contributed by atoms with Crippen LogP contribution in [0.25, 0.3) is 11.1 Å². The van der Waals surface area contributed by atoms with Crippen LogP contribution in [0.2, 0.25) is 18.1 Å². The first-order chi connectivity index (χ1) is 24.5. The Labute approximate surface area is 312 Å². The van der Waals surface area contributed by atoms with Gasteiger partial charge in [-0.3, -0.25) is 14.4 Å². The SMILES string of the molecule is CC(C)(C)OC(=O)NCC(O)CNC(=O)[C@@H]1Cc2cc(ccc2O)-c2ccc(O)c(c2)C[C@H](N)C(=O)N[C@@H](C[C@H](CN)O[Si](C)(C)C(C)(C)C)C(=O)N1. The molecule has 4 amide bonds. The van der Waals surface area contributed by atoms with Crippen LogP contribution in [0.1, 0.15) is 59.1 Å². The predicted octanol–water partition coefficient (Wildman–Crippen LogP) is 1.90. The second kappa shape index (κ2) is 17.7. The van der Waals surface area contributed by atoms with Gasteiger partial charge in [-0.2, -0.15) is 0 Å². The Balaban J connectivity index is 1.99. The number of aliphatic hydroxyl groups excluding tert-OH is 1. The van der Waals surface area contributed by atoms with E-state index < -0.39 is 68.1 Å². The highest BCUT2D eigenvalue weighted by Gasteiger charge is 2.40. The van der Waals surface area contributed by atoms with Crippen molar-refractivity contribution in [1.29, 1.82) is 0 Å². The number of rotatable bonds is 10. The van der Waals surface area contributed by atoms with E-state index in [0.717, 1.165) is 0 Å². The Hall–Kier alpha value is -4.22. The maximum Gasteiger partial charge on any atom is 0.407 e. The van der Waals surface area contributed by atoms with Gasteiger partial charge in [-0.25, -0.2) is 4.79 Å². The first-order valence-corrected chi connectivity index (χ1v) is 20.7. The third-order valence-electron chi connectivity index (χ3n) is 9.38. The molecule has 0 fully saturated rings. The molecular weight excluding hydrogens is 701 g/mol. The number of phenols is 2. The van der Waals surface area contributed by atoms with E-state index >= 15 is 0 Å². The summed E-state index contributed by atoms with van der Waals surface area (Å²) in [4.78, 5) is 53.5. The molecule has 5 atom stereocenters. The van der Waals surface area contributed by atoms with Crippen LogP contribution in [0.15, 0.2) is 36.4 Å². The maximum absolute atomic E-state index is 14.1. The van der Waals surface area contributed by atoms with Crippen molar-refractivity contribution in [1.82, 2.24) is 21.3 Å².